The molecule has 0 aromatic rings. The molecular formula is C14H27ClN2O. The second-order valence-corrected chi connectivity index (χ2v) is 5.67. The summed E-state index contributed by atoms with van der Waals surface area (Å²) in [6.07, 6.45) is 10.5. The van der Waals surface area contributed by atoms with Gasteiger partial charge in [-0.25, -0.2) is 0 Å². The molecule has 18 heavy (non-hydrogen) atoms. The molecule has 0 bridgehead atoms. The zero-order valence-electron chi connectivity index (χ0n) is 11.3. The van der Waals surface area contributed by atoms with Crippen LogP contribution < -0.4 is 5.73 Å². The minimum Gasteiger partial charge on any atom is -0.339 e. The second kappa shape index (κ2) is 8.00. The van der Waals surface area contributed by atoms with Crippen molar-refractivity contribution in [3.8, 4) is 0 Å². The smallest absolute Gasteiger partial charge is 0.222 e. The van der Waals surface area contributed by atoms with Crippen LogP contribution in [-0.2, 0) is 4.79 Å². The van der Waals surface area contributed by atoms with E-state index in [1.54, 1.807) is 0 Å². The summed E-state index contributed by atoms with van der Waals surface area (Å²) in [7, 11) is 0. The molecule has 2 rings (SSSR count). The minimum absolute atomic E-state index is 0. The summed E-state index contributed by atoms with van der Waals surface area (Å²) in [6.45, 7) is 1.65. The fourth-order valence-corrected chi connectivity index (χ4v) is 2.82. The number of halogens is 1. The molecule has 0 spiro atoms. The maximum Gasteiger partial charge on any atom is 0.222 e. The van der Waals surface area contributed by atoms with E-state index in [4.69, 9.17) is 5.73 Å². The normalized spacial score (nSPS) is 20.3. The molecule has 0 saturated heterocycles. The Balaban J connectivity index is 0.00000162. The number of hydrogen-bond donors (Lipinski definition) is 1. The van der Waals surface area contributed by atoms with E-state index in [0.717, 1.165) is 18.9 Å². The van der Waals surface area contributed by atoms with E-state index in [0.29, 0.717) is 24.9 Å². The molecule has 0 aliphatic heterocycles. The maximum absolute atomic E-state index is 12.2. The Labute approximate surface area is 117 Å². The number of hydrogen-bond acceptors (Lipinski definition) is 2. The SMILES string of the molecule is Cl.NCCCC(=O)N(CC1CC1)C1CCCCC1. The summed E-state index contributed by atoms with van der Waals surface area (Å²) in [6, 6.07) is 0.537. The molecule has 106 valence electrons. The first kappa shape index (κ1) is 15.8. The topological polar surface area (TPSA) is 46.3 Å². The first-order valence-corrected chi connectivity index (χ1v) is 7.31. The van der Waals surface area contributed by atoms with Gasteiger partial charge >= 0.3 is 0 Å². The van der Waals surface area contributed by atoms with Crippen molar-refractivity contribution in [3.05, 3.63) is 0 Å². The largest absolute Gasteiger partial charge is 0.339 e. The van der Waals surface area contributed by atoms with Crippen molar-refractivity contribution in [3.63, 3.8) is 0 Å². The number of carbonyl (C=O) groups excluding carboxylic acids is 1. The Bertz CT molecular complexity index is 250. The predicted molar refractivity (Wildman–Crippen MR) is 76.8 cm³/mol. The first-order chi connectivity index (χ1) is 8.31. The summed E-state index contributed by atoms with van der Waals surface area (Å²) >= 11 is 0. The third-order valence-electron chi connectivity index (χ3n) is 4.08. The molecule has 0 heterocycles. The summed E-state index contributed by atoms with van der Waals surface area (Å²) in [5.74, 6) is 1.16. The van der Waals surface area contributed by atoms with Gasteiger partial charge in [-0.05, 0) is 44.6 Å². The van der Waals surface area contributed by atoms with Gasteiger partial charge in [0.25, 0.3) is 0 Å². The lowest BCUT2D eigenvalue weighted by Gasteiger charge is -2.34. The van der Waals surface area contributed by atoms with Gasteiger partial charge in [0.1, 0.15) is 0 Å². The van der Waals surface area contributed by atoms with E-state index in [9.17, 15) is 4.79 Å². The molecule has 0 aromatic heterocycles. The van der Waals surface area contributed by atoms with Crippen LogP contribution in [0.15, 0.2) is 0 Å². The van der Waals surface area contributed by atoms with Crippen LogP contribution in [0.3, 0.4) is 0 Å². The van der Waals surface area contributed by atoms with Crippen LogP contribution in [0.2, 0.25) is 0 Å². The number of nitrogens with two attached hydrogens (primary N) is 1. The summed E-state index contributed by atoms with van der Waals surface area (Å²) in [5.41, 5.74) is 5.50. The standard InChI is InChI=1S/C14H26N2O.ClH/c15-10-4-7-14(17)16(11-12-8-9-12)13-5-2-1-3-6-13;/h12-13H,1-11,15H2;1H. The van der Waals surface area contributed by atoms with E-state index in [2.05, 4.69) is 4.90 Å². The summed E-state index contributed by atoms with van der Waals surface area (Å²) in [4.78, 5) is 14.4. The molecule has 2 aliphatic rings. The number of nitrogens with zero attached hydrogens (tertiary/aromatic N) is 1. The van der Waals surface area contributed by atoms with Gasteiger partial charge in [0.05, 0.1) is 0 Å². The van der Waals surface area contributed by atoms with Crippen LogP contribution in [0.25, 0.3) is 0 Å². The summed E-state index contributed by atoms with van der Waals surface area (Å²) in [5, 5.41) is 0. The van der Waals surface area contributed by atoms with Crippen LogP contribution in [0.1, 0.15) is 57.8 Å². The van der Waals surface area contributed by atoms with E-state index < -0.39 is 0 Å². The third kappa shape index (κ3) is 4.77. The molecule has 2 aliphatic carbocycles. The number of amides is 1. The fourth-order valence-electron chi connectivity index (χ4n) is 2.82. The third-order valence-corrected chi connectivity index (χ3v) is 4.08. The average molecular weight is 275 g/mol. The molecule has 0 aromatic carbocycles. The first-order valence-electron chi connectivity index (χ1n) is 7.31. The van der Waals surface area contributed by atoms with Gasteiger partial charge < -0.3 is 10.6 Å². The molecule has 0 unspecified atom stereocenters. The Morgan fingerprint density at radius 1 is 1.11 bits per heavy atom. The van der Waals surface area contributed by atoms with Crippen molar-refractivity contribution in [2.24, 2.45) is 11.7 Å². The monoisotopic (exact) mass is 274 g/mol. The molecule has 2 fully saturated rings. The van der Waals surface area contributed by atoms with Crippen LogP contribution in [-0.4, -0.2) is 29.9 Å². The Kier molecular flexibility index (Phi) is 7.02. The van der Waals surface area contributed by atoms with Gasteiger partial charge in [-0.1, -0.05) is 19.3 Å². The van der Waals surface area contributed by atoms with Crippen molar-refractivity contribution in [1.29, 1.82) is 0 Å². The second-order valence-electron chi connectivity index (χ2n) is 5.67. The Hall–Kier alpha value is -0.280. The molecule has 4 heteroatoms. The van der Waals surface area contributed by atoms with Crippen LogP contribution in [0.4, 0.5) is 0 Å². The molecule has 1 amide bonds. The molecule has 2 N–H and O–H groups in total. The van der Waals surface area contributed by atoms with Gasteiger partial charge in [0.15, 0.2) is 0 Å². The van der Waals surface area contributed by atoms with Crippen LogP contribution >= 0.6 is 12.4 Å². The highest BCUT2D eigenvalue weighted by Crippen LogP contribution is 2.32. The van der Waals surface area contributed by atoms with Gasteiger partial charge in [0.2, 0.25) is 5.91 Å². The van der Waals surface area contributed by atoms with Crippen molar-refractivity contribution in [1.82, 2.24) is 4.90 Å². The highest BCUT2D eigenvalue weighted by molar-refractivity contribution is 5.85. The lowest BCUT2D eigenvalue weighted by Crippen LogP contribution is -2.42. The minimum atomic E-state index is 0. The van der Waals surface area contributed by atoms with E-state index >= 15 is 0 Å². The predicted octanol–water partition coefficient (Wildman–Crippen LogP) is 2.72. The highest BCUT2D eigenvalue weighted by atomic mass is 35.5. The van der Waals surface area contributed by atoms with Crippen molar-refractivity contribution in [2.75, 3.05) is 13.1 Å². The molecule has 0 radical (unpaired) electrons. The zero-order chi connectivity index (χ0) is 12.1. The molecular weight excluding hydrogens is 248 g/mol. The van der Waals surface area contributed by atoms with E-state index in [1.807, 2.05) is 0 Å². The average Bonchev–Trinajstić information content (AvgIpc) is 3.18. The molecule has 0 atom stereocenters. The van der Waals surface area contributed by atoms with Crippen LogP contribution in [0.5, 0.6) is 0 Å². The summed E-state index contributed by atoms with van der Waals surface area (Å²) < 4.78 is 0. The van der Waals surface area contributed by atoms with Gasteiger partial charge in [-0.3, -0.25) is 4.79 Å². The van der Waals surface area contributed by atoms with Gasteiger partial charge in [0, 0.05) is 19.0 Å². The highest BCUT2D eigenvalue weighted by Gasteiger charge is 2.31. The Morgan fingerprint density at radius 3 is 2.33 bits per heavy atom. The van der Waals surface area contributed by atoms with Gasteiger partial charge in [-0.15, -0.1) is 12.4 Å². The quantitative estimate of drug-likeness (QED) is 0.810. The van der Waals surface area contributed by atoms with Crippen molar-refractivity contribution in [2.45, 2.75) is 63.8 Å². The number of rotatable bonds is 6. The fraction of sp³-hybridized carbons (Fsp3) is 0.929. The molecule has 2 saturated carbocycles. The van der Waals surface area contributed by atoms with Crippen molar-refractivity contribution >= 4 is 18.3 Å². The lowest BCUT2D eigenvalue weighted by atomic mass is 9.93. The van der Waals surface area contributed by atoms with Crippen molar-refractivity contribution < 1.29 is 4.79 Å². The maximum atomic E-state index is 12.2. The van der Waals surface area contributed by atoms with Crippen LogP contribution in [0, 0.1) is 5.92 Å². The lowest BCUT2D eigenvalue weighted by molar-refractivity contribution is -0.134. The van der Waals surface area contributed by atoms with E-state index in [-0.39, 0.29) is 12.4 Å². The van der Waals surface area contributed by atoms with Gasteiger partial charge in [-0.2, -0.15) is 0 Å². The molecule has 3 nitrogen and oxygen atoms in total. The number of carbonyl (C=O) groups is 1. The zero-order valence-corrected chi connectivity index (χ0v) is 12.1. The Morgan fingerprint density at radius 2 is 1.78 bits per heavy atom. The van der Waals surface area contributed by atoms with E-state index in [1.165, 1.54) is 44.9 Å².